The summed E-state index contributed by atoms with van der Waals surface area (Å²) in [7, 11) is 0. The Labute approximate surface area is 318 Å². The lowest BCUT2D eigenvalue weighted by atomic mass is 9.73. The Morgan fingerprint density at radius 3 is 1.36 bits per heavy atom. The third-order valence-electron chi connectivity index (χ3n) is 9.71. The maximum Gasteiger partial charge on any atom is 0.0922 e. The molecule has 0 bridgehead atoms. The summed E-state index contributed by atoms with van der Waals surface area (Å²) >= 11 is 21.5. The highest BCUT2D eigenvalue weighted by Gasteiger charge is 2.55. The minimum atomic E-state index is -0.357. The van der Waals surface area contributed by atoms with Crippen molar-refractivity contribution in [3.05, 3.63) is 142 Å². The predicted molar refractivity (Wildman–Crippen MR) is 218 cm³/mol. The zero-order chi connectivity index (χ0) is 32.0. The standard InChI is InChI=1S/C38H24Br2S7/c1-17-5-11-25(41-17)37(26-12-6-18(2)42-26)23-15-29(39)45-33(23)21-9-10-22-32-36(47-34(22)31(21)37)35-24(16-30(40)46-35)38(32,27-13-7-19(3)43-27)28-14-8-20(4)44-28/h5-16H,1-4H3. The van der Waals surface area contributed by atoms with Crippen LogP contribution >= 0.6 is 111 Å². The number of benzene rings is 1. The average Bonchev–Trinajstić information content (AvgIpc) is 3.86. The maximum atomic E-state index is 3.94. The molecule has 10 rings (SSSR count). The van der Waals surface area contributed by atoms with Crippen molar-refractivity contribution in [3.8, 4) is 20.2 Å². The first kappa shape index (κ1) is 30.2. The molecule has 9 heteroatoms. The first-order valence-corrected chi connectivity index (χ1v) is 22.5. The van der Waals surface area contributed by atoms with E-state index in [0.717, 1.165) is 0 Å². The van der Waals surface area contributed by atoms with E-state index < -0.39 is 0 Å². The molecule has 0 spiro atoms. The molecule has 0 saturated heterocycles. The highest BCUT2D eigenvalue weighted by Crippen LogP contribution is 2.69. The molecule has 7 aromatic heterocycles. The smallest absolute Gasteiger partial charge is 0.0922 e. The minimum Gasteiger partial charge on any atom is -0.144 e. The Hall–Kier alpha value is -1.66. The lowest BCUT2D eigenvalue weighted by molar-refractivity contribution is 0.814. The summed E-state index contributed by atoms with van der Waals surface area (Å²) in [5, 5.41) is 1.40. The average molecular weight is 865 g/mol. The molecule has 8 aromatic rings. The second kappa shape index (κ2) is 10.4. The van der Waals surface area contributed by atoms with Crippen LogP contribution in [0.15, 0.2) is 80.4 Å². The minimum absolute atomic E-state index is 0.342. The summed E-state index contributed by atoms with van der Waals surface area (Å²) < 4.78 is 3.83. The van der Waals surface area contributed by atoms with E-state index in [1.807, 2.05) is 79.4 Å². The quantitative estimate of drug-likeness (QED) is 0.165. The maximum absolute atomic E-state index is 3.94. The van der Waals surface area contributed by atoms with Crippen molar-refractivity contribution in [1.29, 1.82) is 0 Å². The number of thiophene rings is 7. The van der Waals surface area contributed by atoms with Crippen LogP contribution in [0.25, 0.3) is 30.3 Å². The number of rotatable bonds is 4. The van der Waals surface area contributed by atoms with Crippen LogP contribution < -0.4 is 0 Å². The van der Waals surface area contributed by atoms with E-state index in [-0.39, 0.29) is 10.8 Å². The summed E-state index contributed by atoms with van der Waals surface area (Å²) in [6.45, 7) is 8.99. The molecular weight excluding hydrogens is 841 g/mol. The topological polar surface area (TPSA) is 0 Å². The Kier molecular flexibility index (Phi) is 6.70. The van der Waals surface area contributed by atoms with Crippen molar-refractivity contribution in [2.45, 2.75) is 38.5 Å². The van der Waals surface area contributed by atoms with Crippen LogP contribution in [0.1, 0.15) is 61.3 Å². The van der Waals surface area contributed by atoms with Gasteiger partial charge in [0, 0.05) is 54.2 Å². The number of hydrogen-bond donors (Lipinski definition) is 0. The Morgan fingerprint density at radius 2 is 0.894 bits per heavy atom. The van der Waals surface area contributed by atoms with Gasteiger partial charge >= 0.3 is 0 Å². The summed E-state index contributed by atoms with van der Waals surface area (Å²) in [4.78, 5) is 15.3. The van der Waals surface area contributed by atoms with E-state index >= 15 is 0 Å². The van der Waals surface area contributed by atoms with E-state index in [4.69, 9.17) is 0 Å². The van der Waals surface area contributed by atoms with Gasteiger partial charge in [-0.25, -0.2) is 0 Å². The molecule has 2 aliphatic rings. The van der Waals surface area contributed by atoms with Crippen LogP contribution in [0, 0.1) is 27.7 Å². The fourth-order valence-corrected chi connectivity index (χ4v) is 17.4. The van der Waals surface area contributed by atoms with Gasteiger partial charge in [-0.05, 0) is 148 Å². The van der Waals surface area contributed by atoms with Gasteiger partial charge in [0.05, 0.1) is 28.2 Å². The molecule has 0 saturated carbocycles. The molecule has 0 fully saturated rings. The molecule has 0 N–H and O–H groups in total. The molecule has 7 heterocycles. The second-order valence-electron chi connectivity index (χ2n) is 12.4. The Bertz CT molecular complexity index is 2490. The Morgan fingerprint density at radius 1 is 0.447 bits per heavy atom. The van der Waals surface area contributed by atoms with Gasteiger partial charge in [-0.15, -0.1) is 79.4 Å². The Balaban J connectivity index is 1.40. The van der Waals surface area contributed by atoms with Crippen molar-refractivity contribution < 1.29 is 0 Å². The van der Waals surface area contributed by atoms with Crippen molar-refractivity contribution in [2.24, 2.45) is 0 Å². The van der Waals surface area contributed by atoms with Crippen molar-refractivity contribution >= 4 is 121 Å². The van der Waals surface area contributed by atoms with E-state index in [1.165, 1.54) is 99.1 Å². The lowest BCUT2D eigenvalue weighted by Crippen LogP contribution is -2.27. The number of fused-ring (bicyclic) bond motifs is 9. The molecule has 0 amide bonds. The van der Waals surface area contributed by atoms with Crippen molar-refractivity contribution in [1.82, 2.24) is 0 Å². The largest absolute Gasteiger partial charge is 0.144 e. The van der Waals surface area contributed by atoms with Gasteiger partial charge < -0.3 is 0 Å². The molecule has 1 aromatic carbocycles. The van der Waals surface area contributed by atoms with E-state index in [2.05, 4.69) is 132 Å². The fourth-order valence-electron chi connectivity index (χ4n) is 7.98. The van der Waals surface area contributed by atoms with Crippen LogP contribution in [0.4, 0.5) is 0 Å². The predicted octanol–water partition coefficient (Wildman–Crippen LogP) is 14.8. The highest BCUT2D eigenvalue weighted by molar-refractivity contribution is 9.11. The van der Waals surface area contributed by atoms with Gasteiger partial charge in [-0.2, -0.15) is 0 Å². The first-order chi connectivity index (χ1) is 22.7. The lowest BCUT2D eigenvalue weighted by Gasteiger charge is -2.32. The van der Waals surface area contributed by atoms with E-state index in [9.17, 15) is 0 Å². The summed E-state index contributed by atoms with van der Waals surface area (Å²) in [5.41, 5.74) is 6.49. The number of hydrogen-bond acceptors (Lipinski definition) is 7. The number of aryl methyl sites for hydroxylation is 4. The van der Waals surface area contributed by atoms with Gasteiger partial charge in [-0.3, -0.25) is 0 Å². The van der Waals surface area contributed by atoms with Crippen LogP contribution in [0.2, 0.25) is 0 Å². The molecule has 232 valence electrons. The van der Waals surface area contributed by atoms with Gasteiger partial charge in [0.15, 0.2) is 0 Å². The van der Waals surface area contributed by atoms with Gasteiger partial charge in [0.1, 0.15) is 0 Å². The van der Waals surface area contributed by atoms with Gasteiger partial charge in [-0.1, -0.05) is 12.1 Å². The fraction of sp³-hybridized carbons (Fsp3) is 0.158. The third-order valence-corrected chi connectivity index (χ3v) is 18.9. The second-order valence-corrected chi connectivity index (χ2v) is 23.4. The van der Waals surface area contributed by atoms with Crippen LogP contribution in [-0.4, -0.2) is 0 Å². The summed E-state index contributed by atoms with van der Waals surface area (Å²) in [6, 6.07) is 28.6. The molecular formula is C38H24Br2S7. The SMILES string of the molecule is Cc1ccc(C2(c3ccc(C)s3)c3cc(Br)sc3-c3sc4c5c(ccc4c32)-c2sc(Br)cc2C5(c2ccc(C)s2)c2ccc(C)s2)s1. The summed E-state index contributed by atoms with van der Waals surface area (Å²) in [6.07, 6.45) is 0. The van der Waals surface area contributed by atoms with Crippen molar-refractivity contribution in [3.63, 3.8) is 0 Å². The molecule has 0 atom stereocenters. The summed E-state index contributed by atoms with van der Waals surface area (Å²) in [5.74, 6) is 0. The zero-order valence-corrected chi connectivity index (χ0v) is 34.4. The van der Waals surface area contributed by atoms with E-state index in [0.29, 0.717) is 0 Å². The monoisotopic (exact) mass is 862 g/mol. The zero-order valence-electron chi connectivity index (χ0n) is 25.5. The van der Waals surface area contributed by atoms with Gasteiger partial charge in [0.2, 0.25) is 0 Å². The molecule has 2 aliphatic carbocycles. The van der Waals surface area contributed by atoms with Crippen LogP contribution in [0.5, 0.6) is 0 Å². The molecule has 47 heavy (non-hydrogen) atoms. The molecule has 0 aliphatic heterocycles. The molecule has 0 unspecified atom stereocenters. The molecule has 0 nitrogen and oxygen atoms in total. The normalized spacial score (nSPS) is 15.4. The third kappa shape index (κ3) is 3.87. The van der Waals surface area contributed by atoms with Gasteiger partial charge in [0.25, 0.3) is 0 Å². The van der Waals surface area contributed by atoms with Crippen molar-refractivity contribution in [2.75, 3.05) is 0 Å². The highest BCUT2D eigenvalue weighted by atomic mass is 79.9. The number of halogens is 2. The van der Waals surface area contributed by atoms with Crippen LogP contribution in [0.3, 0.4) is 0 Å². The first-order valence-electron chi connectivity index (χ1n) is 15.2. The van der Waals surface area contributed by atoms with Crippen LogP contribution in [-0.2, 0) is 10.8 Å². The van der Waals surface area contributed by atoms with E-state index in [1.54, 1.807) is 0 Å². The molecule has 0 radical (unpaired) electrons.